The Morgan fingerprint density at radius 3 is 1.27 bits per heavy atom. The van der Waals surface area contributed by atoms with Crippen LogP contribution in [0.1, 0.15) is 49.9 Å². The molecular weight excluding hydrogens is 316 g/mol. The molecule has 0 saturated heterocycles. The van der Waals surface area contributed by atoms with E-state index in [4.69, 9.17) is 9.98 Å². The van der Waals surface area contributed by atoms with Crippen LogP contribution in [-0.4, -0.2) is 11.4 Å². The van der Waals surface area contributed by atoms with Gasteiger partial charge in [-0.3, -0.25) is 9.98 Å². The zero-order valence-electron chi connectivity index (χ0n) is 17.4. The Kier molecular flexibility index (Phi) is 4.42. The number of hydrogen-bond donors (Lipinski definition) is 0. The SMILES string of the molecule is Cc1cccc(N=C2C(C)(C)C(=Nc3cccc(C)c3C)C2(C)C)c1C. The van der Waals surface area contributed by atoms with E-state index < -0.39 is 0 Å². The van der Waals surface area contributed by atoms with Crippen molar-refractivity contribution >= 4 is 22.8 Å². The predicted octanol–water partition coefficient (Wildman–Crippen LogP) is 6.83. The first-order valence-corrected chi connectivity index (χ1v) is 9.38. The highest BCUT2D eigenvalue weighted by Crippen LogP contribution is 2.50. The zero-order valence-corrected chi connectivity index (χ0v) is 17.4. The Morgan fingerprint density at radius 2 is 0.923 bits per heavy atom. The summed E-state index contributed by atoms with van der Waals surface area (Å²) >= 11 is 0. The molecule has 1 fully saturated rings. The fourth-order valence-corrected chi connectivity index (χ4v) is 4.24. The van der Waals surface area contributed by atoms with Crippen molar-refractivity contribution in [3.05, 3.63) is 58.7 Å². The highest BCUT2D eigenvalue weighted by Gasteiger charge is 2.56. The number of nitrogens with zero attached hydrogens (tertiary/aromatic N) is 2. The topological polar surface area (TPSA) is 24.7 Å². The smallest absolute Gasteiger partial charge is 0.0661 e. The van der Waals surface area contributed by atoms with Gasteiger partial charge in [0.15, 0.2) is 0 Å². The maximum Gasteiger partial charge on any atom is 0.0661 e. The molecule has 0 amide bonds. The van der Waals surface area contributed by atoms with Gasteiger partial charge in [-0.05, 0) is 89.8 Å². The second kappa shape index (κ2) is 6.19. The molecule has 2 aromatic carbocycles. The number of rotatable bonds is 2. The molecule has 136 valence electrons. The average molecular weight is 347 g/mol. The van der Waals surface area contributed by atoms with Crippen molar-refractivity contribution in [3.63, 3.8) is 0 Å². The van der Waals surface area contributed by atoms with Crippen LogP contribution < -0.4 is 0 Å². The molecule has 1 aliphatic carbocycles. The third-order valence-corrected chi connectivity index (χ3v) is 5.98. The summed E-state index contributed by atoms with van der Waals surface area (Å²) in [5, 5.41) is 0. The van der Waals surface area contributed by atoms with Gasteiger partial charge in [-0.2, -0.15) is 0 Å². The van der Waals surface area contributed by atoms with E-state index in [1.165, 1.54) is 33.7 Å². The minimum absolute atomic E-state index is 0.129. The van der Waals surface area contributed by atoms with Crippen molar-refractivity contribution in [1.82, 2.24) is 0 Å². The molecule has 2 nitrogen and oxygen atoms in total. The van der Waals surface area contributed by atoms with E-state index in [0.717, 1.165) is 11.4 Å². The van der Waals surface area contributed by atoms with Crippen LogP contribution in [0.15, 0.2) is 46.4 Å². The molecule has 0 unspecified atom stereocenters. The van der Waals surface area contributed by atoms with Crippen LogP contribution in [-0.2, 0) is 0 Å². The third-order valence-electron chi connectivity index (χ3n) is 5.98. The lowest BCUT2D eigenvalue weighted by Crippen LogP contribution is -2.61. The van der Waals surface area contributed by atoms with Crippen molar-refractivity contribution in [2.45, 2.75) is 55.4 Å². The fourth-order valence-electron chi connectivity index (χ4n) is 4.24. The molecule has 2 aromatic rings. The molecule has 0 aliphatic heterocycles. The van der Waals surface area contributed by atoms with Gasteiger partial charge >= 0.3 is 0 Å². The Hall–Kier alpha value is -2.22. The second-order valence-electron chi connectivity index (χ2n) is 8.61. The first-order chi connectivity index (χ1) is 12.1. The average Bonchev–Trinajstić information content (AvgIpc) is 2.56. The maximum absolute atomic E-state index is 5.10. The van der Waals surface area contributed by atoms with Gasteiger partial charge in [0.05, 0.1) is 11.4 Å². The van der Waals surface area contributed by atoms with Crippen molar-refractivity contribution in [2.24, 2.45) is 20.8 Å². The van der Waals surface area contributed by atoms with Crippen LogP contribution in [0, 0.1) is 38.5 Å². The van der Waals surface area contributed by atoms with Crippen molar-refractivity contribution in [1.29, 1.82) is 0 Å². The molecule has 0 aromatic heterocycles. The number of benzene rings is 2. The lowest BCUT2D eigenvalue weighted by molar-refractivity contribution is 0.491. The minimum Gasteiger partial charge on any atom is -0.256 e. The third kappa shape index (κ3) is 2.82. The van der Waals surface area contributed by atoms with E-state index >= 15 is 0 Å². The summed E-state index contributed by atoms with van der Waals surface area (Å²) in [4.78, 5) is 10.2. The summed E-state index contributed by atoms with van der Waals surface area (Å²) in [5.74, 6) is 0. The van der Waals surface area contributed by atoms with Gasteiger partial charge in [-0.25, -0.2) is 0 Å². The lowest BCUT2D eigenvalue weighted by Gasteiger charge is -2.52. The van der Waals surface area contributed by atoms with Gasteiger partial charge in [0.2, 0.25) is 0 Å². The summed E-state index contributed by atoms with van der Waals surface area (Å²) < 4.78 is 0. The molecule has 0 atom stereocenters. The van der Waals surface area contributed by atoms with E-state index in [2.05, 4.69) is 91.8 Å². The Morgan fingerprint density at radius 1 is 0.577 bits per heavy atom. The number of aryl methyl sites for hydroxylation is 2. The number of aliphatic imine (C=N–C) groups is 2. The highest BCUT2D eigenvalue weighted by atomic mass is 14.9. The summed E-state index contributed by atoms with van der Waals surface area (Å²) in [6, 6.07) is 12.7. The van der Waals surface area contributed by atoms with Crippen LogP contribution in [0.4, 0.5) is 11.4 Å². The number of hydrogen-bond acceptors (Lipinski definition) is 2. The van der Waals surface area contributed by atoms with Gasteiger partial charge in [0, 0.05) is 22.3 Å². The van der Waals surface area contributed by atoms with Crippen molar-refractivity contribution in [2.75, 3.05) is 0 Å². The van der Waals surface area contributed by atoms with E-state index in [-0.39, 0.29) is 10.8 Å². The minimum atomic E-state index is -0.129. The summed E-state index contributed by atoms with van der Waals surface area (Å²) in [6.07, 6.45) is 0. The Balaban J connectivity index is 2.08. The fraction of sp³-hybridized carbons (Fsp3) is 0.417. The molecule has 2 heteroatoms. The monoisotopic (exact) mass is 346 g/mol. The van der Waals surface area contributed by atoms with Gasteiger partial charge in [0.25, 0.3) is 0 Å². The van der Waals surface area contributed by atoms with Crippen LogP contribution in [0.2, 0.25) is 0 Å². The molecule has 1 aliphatic rings. The molecule has 0 radical (unpaired) electrons. The highest BCUT2D eigenvalue weighted by molar-refractivity contribution is 6.34. The van der Waals surface area contributed by atoms with Gasteiger partial charge < -0.3 is 0 Å². The molecule has 0 N–H and O–H groups in total. The standard InChI is InChI=1S/C24H30N2/c1-15-11-9-13-19(17(15)3)25-21-23(5,6)22(24(21,7)8)26-20-14-10-12-16(2)18(20)4/h9-14H,1-8H3. The Bertz CT molecular complexity index is 834. The molecule has 0 bridgehead atoms. The van der Waals surface area contributed by atoms with Crippen LogP contribution in [0.25, 0.3) is 0 Å². The van der Waals surface area contributed by atoms with Gasteiger partial charge in [0.1, 0.15) is 0 Å². The van der Waals surface area contributed by atoms with Crippen LogP contribution in [0.3, 0.4) is 0 Å². The summed E-state index contributed by atoms with van der Waals surface area (Å²) in [6.45, 7) is 17.6. The van der Waals surface area contributed by atoms with E-state index in [1.54, 1.807) is 0 Å². The largest absolute Gasteiger partial charge is 0.256 e. The molecular formula is C24H30N2. The molecule has 1 saturated carbocycles. The van der Waals surface area contributed by atoms with Crippen molar-refractivity contribution in [3.8, 4) is 0 Å². The van der Waals surface area contributed by atoms with Crippen molar-refractivity contribution < 1.29 is 0 Å². The second-order valence-corrected chi connectivity index (χ2v) is 8.61. The molecule has 26 heavy (non-hydrogen) atoms. The predicted molar refractivity (Wildman–Crippen MR) is 114 cm³/mol. The van der Waals surface area contributed by atoms with Gasteiger partial charge in [-0.15, -0.1) is 0 Å². The first-order valence-electron chi connectivity index (χ1n) is 9.38. The van der Waals surface area contributed by atoms with E-state index in [0.29, 0.717) is 0 Å². The first kappa shape index (κ1) is 18.6. The van der Waals surface area contributed by atoms with E-state index in [1.807, 2.05) is 0 Å². The summed E-state index contributed by atoms with van der Waals surface area (Å²) in [5.41, 5.74) is 9.39. The Labute approximate surface area is 158 Å². The van der Waals surface area contributed by atoms with Gasteiger partial charge in [-0.1, -0.05) is 24.3 Å². The normalized spacial score (nSPS) is 17.7. The maximum atomic E-state index is 5.10. The van der Waals surface area contributed by atoms with E-state index in [9.17, 15) is 0 Å². The molecule has 0 spiro atoms. The quantitative estimate of drug-likeness (QED) is 0.569. The lowest BCUT2D eigenvalue weighted by atomic mass is 9.52. The molecule has 3 rings (SSSR count). The summed E-state index contributed by atoms with van der Waals surface area (Å²) in [7, 11) is 0. The van der Waals surface area contributed by atoms with Crippen LogP contribution in [0.5, 0.6) is 0 Å². The molecule has 0 heterocycles. The van der Waals surface area contributed by atoms with Crippen LogP contribution >= 0.6 is 0 Å². The zero-order chi connectivity index (χ0) is 19.3.